The smallest absolute Gasteiger partial charge is 0.283 e. The number of fused-ring (bicyclic) bond motifs is 1. The molecule has 136 valence electrons. The summed E-state index contributed by atoms with van der Waals surface area (Å²) in [5, 5.41) is 0.127. The van der Waals surface area contributed by atoms with Crippen LogP contribution in [-0.2, 0) is 9.16 Å². The molecule has 1 aliphatic heterocycles. The number of hydrogen-bond donors (Lipinski definition) is 2. The van der Waals surface area contributed by atoms with Crippen molar-refractivity contribution in [3.8, 4) is 0 Å². The number of H-pyrrole nitrogens is 1. The van der Waals surface area contributed by atoms with Crippen LogP contribution in [0.2, 0.25) is 18.1 Å². The molecule has 0 saturated carbocycles. The summed E-state index contributed by atoms with van der Waals surface area (Å²) in [6.45, 7) is 11.4. The van der Waals surface area contributed by atoms with Crippen molar-refractivity contribution < 1.29 is 9.16 Å². The van der Waals surface area contributed by atoms with Gasteiger partial charge in [0.05, 0.1) is 12.9 Å². The summed E-state index contributed by atoms with van der Waals surface area (Å²) in [6.07, 6.45) is 3.41. The number of ether oxygens (including phenoxy) is 1. The molecule has 0 fully saturated rings. The molecule has 0 aromatic carbocycles. The van der Waals surface area contributed by atoms with Crippen LogP contribution in [0.25, 0.3) is 11.2 Å². The lowest BCUT2D eigenvalue weighted by molar-refractivity contribution is 0.0632. The van der Waals surface area contributed by atoms with Gasteiger partial charge in [-0.3, -0.25) is 4.79 Å². The van der Waals surface area contributed by atoms with Gasteiger partial charge in [0.25, 0.3) is 5.56 Å². The van der Waals surface area contributed by atoms with E-state index in [4.69, 9.17) is 14.9 Å². The molecular weight excluding hydrogens is 338 g/mol. The van der Waals surface area contributed by atoms with Crippen LogP contribution >= 0.6 is 0 Å². The fraction of sp³-hybridized carbons (Fsp3) is 0.562. The number of aromatic amines is 1. The molecule has 0 amide bonds. The summed E-state index contributed by atoms with van der Waals surface area (Å²) in [5.41, 5.74) is 6.29. The summed E-state index contributed by atoms with van der Waals surface area (Å²) in [5.74, 6) is 0.820. The molecule has 3 rings (SSSR count). The van der Waals surface area contributed by atoms with Crippen molar-refractivity contribution in [2.75, 3.05) is 12.3 Å². The van der Waals surface area contributed by atoms with E-state index in [1.165, 1.54) is 10.9 Å². The Hall–Kier alpha value is -2.13. The van der Waals surface area contributed by atoms with E-state index in [-0.39, 0.29) is 16.5 Å². The molecule has 1 atom stereocenters. The lowest BCUT2D eigenvalue weighted by atomic mass is 10.2. The summed E-state index contributed by atoms with van der Waals surface area (Å²) >= 11 is 0. The molecule has 0 spiro atoms. The molecule has 1 unspecified atom stereocenters. The zero-order valence-corrected chi connectivity index (χ0v) is 16.3. The molecule has 3 heterocycles. The first-order chi connectivity index (χ1) is 11.6. The monoisotopic (exact) mass is 363 g/mol. The van der Waals surface area contributed by atoms with Gasteiger partial charge in [0.15, 0.2) is 25.7 Å². The topological polar surface area (TPSA) is 108 Å². The number of nitrogens with two attached hydrogens (primary N) is 1. The lowest BCUT2D eigenvalue weighted by Crippen LogP contribution is -2.41. The Labute approximate surface area is 147 Å². The van der Waals surface area contributed by atoms with E-state index in [1.807, 2.05) is 6.08 Å². The SMILES string of the molecule is CC(C)(C)[Si](C)(C)OCC1=CCC(n2c(N)nc3nc[nH]c3c2=O)O1. The van der Waals surface area contributed by atoms with Crippen molar-refractivity contribution >= 4 is 25.4 Å². The molecule has 25 heavy (non-hydrogen) atoms. The normalized spacial score (nSPS) is 18.4. The number of anilines is 1. The summed E-state index contributed by atoms with van der Waals surface area (Å²) in [7, 11) is -1.86. The largest absolute Gasteiger partial charge is 0.472 e. The highest BCUT2D eigenvalue weighted by Crippen LogP contribution is 2.37. The van der Waals surface area contributed by atoms with Crippen LogP contribution in [0.1, 0.15) is 33.4 Å². The third kappa shape index (κ3) is 3.21. The van der Waals surface area contributed by atoms with E-state index in [9.17, 15) is 4.79 Å². The Balaban J connectivity index is 1.74. The molecule has 8 nitrogen and oxygen atoms in total. The minimum atomic E-state index is -1.86. The highest BCUT2D eigenvalue weighted by molar-refractivity contribution is 6.74. The number of rotatable bonds is 4. The first kappa shape index (κ1) is 17.7. The molecule has 1 aliphatic rings. The Morgan fingerprint density at radius 1 is 1.48 bits per heavy atom. The van der Waals surface area contributed by atoms with Gasteiger partial charge in [0.2, 0.25) is 5.95 Å². The van der Waals surface area contributed by atoms with Crippen molar-refractivity contribution in [2.24, 2.45) is 0 Å². The van der Waals surface area contributed by atoms with Gasteiger partial charge in [0.1, 0.15) is 5.76 Å². The molecule has 0 bridgehead atoms. The maximum Gasteiger partial charge on any atom is 0.283 e. The molecule has 0 radical (unpaired) electrons. The Morgan fingerprint density at radius 2 is 2.20 bits per heavy atom. The summed E-state index contributed by atoms with van der Waals surface area (Å²) in [6, 6.07) is 0. The molecule has 2 aromatic rings. The highest BCUT2D eigenvalue weighted by atomic mass is 28.4. The quantitative estimate of drug-likeness (QED) is 0.808. The zero-order valence-electron chi connectivity index (χ0n) is 15.3. The summed E-state index contributed by atoms with van der Waals surface area (Å²) < 4.78 is 13.4. The van der Waals surface area contributed by atoms with Crippen molar-refractivity contribution in [1.82, 2.24) is 19.5 Å². The minimum Gasteiger partial charge on any atom is -0.472 e. The lowest BCUT2D eigenvalue weighted by Gasteiger charge is -2.36. The second kappa shape index (κ2) is 5.99. The van der Waals surface area contributed by atoms with Gasteiger partial charge in [-0.2, -0.15) is 4.98 Å². The minimum absolute atomic E-state index is 0.0922. The number of nitrogen functional groups attached to an aromatic ring is 1. The van der Waals surface area contributed by atoms with E-state index in [1.54, 1.807) is 0 Å². The van der Waals surface area contributed by atoms with Crippen LogP contribution in [0, 0.1) is 0 Å². The fourth-order valence-corrected chi connectivity index (χ4v) is 3.35. The Morgan fingerprint density at radius 3 is 2.88 bits per heavy atom. The molecule has 0 aliphatic carbocycles. The highest BCUT2D eigenvalue weighted by Gasteiger charge is 2.38. The van der Waals surface area contributed by atoms with Gasteiger partial charge in [-0.15, -0.1) is 0 Å². The number of nitrogens with one attached hydrogen (secondary N) is 1. The second-order valence-corrected chi connectivity index (χ2v) is 12.6. The van der Waals surface area contributed by atoms with Crippen molar-refractivity contribution in [3.63, 3.8) is 0 Å². The van der Waals surface area contributed by atoms with Crippen LogP contribution in [0.4, 0.5) is 5.95 Å². The number of hydrogen-bond acceptors (Lipinski definition) is 6. The number of imidazole rings is 1. The van der Waals surface area contributed by atoms with Crippen LogP contribution < -0.4 is 11.3 Å². The first-order valence-electron chi connectivity index (χ1n) is 8.31. The Bertz CT molecular complexity index is 878. The van der Waals surface area contributed by atoms with Crippen LogP contribution in [-0.4, -0.2) is 34.4 Å². The van der Waals surface area contributed by atoms with E-state index >= 15 is 0 Å². The zero-order chi connectivity index (χ0) is 18.4. The number of aromatic nitrogens is 4. The van der Waals surface area contributed by atoms with Gasteiger partial charge in [-0.25, -0.2) is 9.55 Å². The third-order valence-electron chi connectivity index (χ3n) is 5.02. The van der Waals surface area contributed by atoms with Crippen LogP contribution in [0.15, 0.2) is 23.0 Å². The maximum absolute atomic E-state index is 12.6. The fourth-order valence-electron chi connectivity index (χ4n) is 2.42. The molecule has 3 N–H and O–H groups in total. The average Bonchev–Trinajstić information content (AvgIpc) is 3.13. The van der Waals surface area contributed by atoms with Crippen molar-refractivity contribution in [1.29, 1.82) is 0 Å². The van der Waals surface area contributed by atoms with E-state index in [2.05, 4.69) is 48.8 Å². The first-order valence-corrected chi connectivity index (χ1v) is 11.2. The van der Waals surface area contributed by atoms with Gasteiger partial charge in [-0.05, 0) is 24.2 Å². The second-order valence-electron chi connectivity index (χ2n) is 7.77. The predicted octanol–water partition coefficient (Wildman–Crippen LogP) is 2.53. The standard InChI is InChI=1S/C16H25N5O3Si/c1-16(2,3)25(4,5)23-8-10-6-7-11(24-10)21-14(22)12-13(19-9-18-12)20-15(21)17/h6,9,11H,7-8H2,1-5H3,(H2,17,20)(H,18,19). The van der Waals surface area contributed by atoms with Gasteiger partial charge in [-0.1, -0.05) is 20.8 Å². The van der Waals surface area contributed by atoms with Gasteiger partial charge < -0.3 is 19.9 Å². The molecule has 2 aromatic heterocycles. The number of nitrogens with zero attached hydrogens (tertiary/aromatic N) is 3. The van der Waals surface area contributed by atoms with Crippen LogP contribution in [0.5, 0.6) is 0 Å². The predicted molar refractivity (Wildman–Crippen MR) is 98.5 cm³/mol. The average molecular weight is 363 g/mol. The van der Waals surface area contributed by atoms with Gasteiger partial charge >= 0.3 is 0 Å². The Kier molecular flexibility index (Phi) is 4.24. The molecule has 0 saturated heterocycles. The molecule has 9 heteroatoms. The van der Waals surface area contributed by atoms with Crippen molar-refractivity contribution in [2.45, 2.75) is 51.6 Å². The van der Waals surface area contributed by atoms with Gasteiger partial charge in [0, 0.05) is 6.42 Å². The van der Waals surface area contributed by atoms with E-state index < -0.39 is 14.5 Å². The maximum atomic E-state index is 12.6. The third-order valence-corrected chi connectivity index (χ3v) is 9.50. The van der Waals surface area contributed by atoms with E-state index in [0.29, 0.717) is 24.2 Å². The van der Waals surface area contributed by atoms with Crippen molar-refractivity contribution in [3.05, 3.63) is 28.5 Å². The van der Waals surface area contributed by atoms with Crippen LogP contribution in [0.3, 0.4) is 0 Å². The molecular formula is C16H25N5O3Si. The van der Waals surface area contributed by atoms with E-state index in [0.717, 1.165) is 5.76 Å². The summed E-state index contributed by atoms with van der Waals surface area (Å²) in [4.78, 5) is 23.5.